The predicted molar refractivity (Wildman–Crippen MR) is 138 cm³/mol. The summed E-state index contributed by atoms with van der Waals surface area (Å²) in [6.07, 6.45) is 8.80. The van der Waals surface area contributed by atoms with Crippen LogP contribution in [0.3, 0.4) is 0 Å². The fourth-order valence-electron chi connectivity index (χ4n) is 4.70. The number of aryl methyl sites for hydroxylation is 1. The molecule has 2 heterocycles. The lowest BCUT2D eigenvalue weighted by molar-refractivity contribution is -0.121. The highest BCUT2D eigenvalue weighted by molar-refractivity contribution is 5.94. The average molecular weight is 486 g/mol. The quantitative estimate of drug-likeness (QED) is 0.487. The maximum absolute atomic E-state index is 12.9. The average Bonchev–Trinajstić information content (AvgIpc) is 3.76. The second-order valence-electron chi connectivity index (χ2n) is 9.69. The molecular weight excluding hydrogens is 454 g/mol. The summed E-state index contributed by atoms with van der Waals surface area (Å²) in [5, 5.41) is 5.95. The van der Waals surface area contributed by atoms with Gasteiger partial charge in [0, 0.05) is 41.8 Å². The number of aromatic nitrogens is 3. The van der Waals surface area contributed by atoms with Gasteiger partial charge in [-0.25, -0.2) is 9.97 Å². The molecule has 2 fully saturated rings. The molecule has 0 spiro atoms. The zero-order chi connectivity index (χ0) is 25.1. The third kappa shape index (κ3) is 5.60. The molecule has 2 aliphatic carbocycles. The number of nitrogens with zero attached hydrogens (tertiary/aromatic N) is 3. The van der Waals surface area contributed by atoms with Crippen LogP contribution in [0.2, 0.25) is 0 Å². The van der Waals surface area contributed by atoms with Crippen molar-refractivity contribution in [2.45, 2.75) is 51.6 Å². The molecule has 0 atom stereocenters. The van der Waals surface area contributed by atoms with E-state index in [4.69, 9.17) is 4.74 Å². The van der Waals surface area contributed by atoms with Crippen molar-refractivity contribution in [2.24, 2.45) is 11.8 Å². The van der Waals surface area contributed by atoms with Gasteiger partial charge in [0.15, 0.2) is 0 Å². The summed E-state index contributed by atoms with van der Waals surface area (Å²) in [5.41, 5.74) is 5.09. The summed E-state index contributed by atoms with van der Waals surface area (Å²) in [4.78, 5) is 38.1. The van der Waals surface area contributed by atoms with Gasteiger partial charge in [0.25, 0.3) is 0 Å². The largest absolute Gasteiger partial charge is 0.381 e. The summed E-state index contributed by atoms with van der Waals surface area (Å²) >= 11 is 0. The number of methoxy groups -OCH3 is 1. The highest BCUT2D eigenvalue weighted by Crippen LogP contribution is 2.32. The minimum atomic E-state index is -0.00292. The maximum Gasteiger partial charge on any atom is 0.228 e. The molecule has 0 saturated heterocycles. The zero-order valence-corrected chi connectivity index (χ0v) is 20.7. The Labute approximate surface area is 210 Å². The molecule has 3 aromatic rings. The third-order valence-corrected chi connectivity index (χ3v) is 7.07. The van der Waals surface area contributed by atoms with E-state index in [0.29, 0.717) is 11.5 Å². The number of anilines is 2. The first-order valence-electron chi connectivity index (χ1n) is 12.5. The predicted octanol–water partition coefficient (Wildman–Crippen LogP) is 5.01. The topological polar surface area (TPSA) is 106 Å². The molecule has 0 unspecified atom stereocenters. The lowest BCUT2D eigenvalue weighted by Gasteiger charge is -2.26. The van der Waals surface area contributed by atoms with Crippen LogP contribution in [0.15, 0.2) is 48.9 Å². The molecule has 36 heavy (non-hydrogen) atoms. The first kappa shape index (κ1) is 24.1. The van der Waals surface area contributed by atoms with Crippen LogP contribution in [0.25, 0.3) is 22.4 Å². The summed E-state index contributed by atoms with van der Waals surface area (Å²) in [6, 6.07) is 11.8. The number of ether oxygens (including phenoxy) is 1. The SMILES string of the molecule is COC1CCC(C(=O)Nc2cnc(C)c(-c3cccc(-c4cc(NC(=O)C5CC5)ncn4)c3)c2)CC1. The van der Waals surface area contributed by atoms with Crippen molar-refractivity contribution in [1.82, 2.24) is 15.0 Å². The van der Waals surface area contributed by atoms with E-state index in [1.165, 1.54) is 6.33 Å². The molecule has 0 aliphatic heterocycles. The normalized spacial score (nSPS) is 19.5. The number of hydrogen-bond donors (Lipinski definition) is 2. The van der Waals surface area contributed by atoms with Gasteiger partial charge in [-0.05, 0) is 63.1 Å². The van der Waals surface area contributed by atoms with Gasteiger partial charge >= 0.3 is 0 Å². The van der Waals surface area contributed by atoms with Gasteiger partial charge in [-0.1, -0.05) is 18.2 Å². The first-order chi connectivity index (χ1) is 17.5. The molecule has 8 heteroatoms. The number of carbonyl (C=O) groups is 2. The van der Waals surface area contributed by atoms with Crippen LogP contribution in [0.5, 0.6) is 0 Å². The van der Waals surface area contributed by atoms with Crippen molar-refractivity contribution in [3.8, 4) is 22.4 Å². The van der Waals surface area contributed by atoms with Crippen LogP contribution in [-0.2, 0) is 14.3 Å². The van der Waals surface area contributed by atoms with E-state index < -0.39 is 0 Å². The van der Waals surface area contributed by atoms with Crippen molar-refractivity contribution < 1.29 is 14.3 Å². The summed E-state index contributed by atoms with van der Waals surface area (Å²) in [7, 11) is 1.73. The molecule has 5 rings (SSSR count). The molecule has 8 nitrogen and oxygen atoms in total. The number of rotatable bonds is 7. The highest BCUT2D eigenvalue weighted by Gasteiger charge is 2.30. The van der Waals surface area contributed by atoms with E-state index >= 15 is 0 Å². The van der Waals surface area contributed by atoms with Gasteiger partial charge in [0.05, 0.1) is 23.7 Å². The smallest absolute Gasteiger partial charge is 0.228 e. The Morgan fingerprint density at radius 2 is 1.56 bits per heavy atom. The standard InChI is InChI=1S/C28H31N5O3/c1-17-24(13-22(15-29-17)32-27(34)19-8-10-23(36-2)11-9-19)20-4-3-5-21(12-20)25-14-26(31-16-30-25)33-28(35)18-6-7-18/h3-5,12-16,18-19,23H,6-11H2,1-2H3,(H,32,34)(H,30,31,33,35). The number of amides is 2. The number of carbonyl (C=O) groups excluding carboxylic acids is 2. The second kappa shape index (κ2) is 10.5. The van der Waals surface area contributed by atoms with Crippen LogP contribution < -0.4 is 10.6 Å². The Morgan fingerprint density at radius 1 is 0.861 bits per heavy atom. The van der Waals surface area contributed by atoms with Crippen LogP contribution in [0.1, 0.15) is 44.2 Å². The highest BCUT2D eigenvalue weighted by atomic mass is 16.5. The molecule has 2 aromatic heterocycles. The number of pyridine rings is 1. The molecule has 2 saturated carbocycles. The van der Waals surface area contributed by atoms with E-state index in [1.807, 2.05) is 37.3 Å². The van der Waals surface area contributed by atoms with Crippen molar-refractivity contribution >= 4 is 23.3 Å². The monoisotopic (exact) mass is 485 g/mol. The number of nitrogens with one attached hydrogen (secondary N) is 2. The molecule has 0 bridgehead atoms. The Kier molecular flexibility index (Phi) is 7.04. The fourth-order valence-corrected chi connectivity index (χ4v) is 4.70. The summed E-state index contributed by atoms with van der Waals surface area (Å²) in [5.74, 6) is 0.661. The van der Waals surface area contributed by atoms with E-state index in [-0.39, 0.29) is 29.8 Å². The van der Waals surface area contributed by atoms with Crippen molar-refractivity contribution in [1.29, 1.82) is 0 Å². The maximum atomic E-state index is 12.9. The molecular formula is C28H31N5O3. The van der Waals surface area contributed by atoms with E-state index in [0.717, 1.165) is 66.6 Å². The Balaban J connectivity index is 1.33. The van der Waals surface area contributed by atoms with Gasteiger partial charge in [-0.2, -0.15) is 0 Å². The van der Waals surface area contributed by atoms with E-state index in [1.54, 1.807) is 19.4 Å². The molecule has 2 N–H and O–H groups in total. The van der Waals surface area contributed by atoms with Crippen molar-refractivity contribution in [2.75, 3.05) is 17.7 Å². The zero-order valence-electron chi connectivity index (χ0n) is 20.7. The Hall–Kier alpha value is -3.65. The number of benzene rings is 1. The fraction of sp³-hybridized carbons (Fsp3) is 0.393. The Bertz CT molecular complexity index is 1270. The summed E-state index contributed by atoms with van der Waals surface area (Å²) in [6.45, 7) is 1.95. The molecule has 186 valence electrons. The van der Waals surface area contributed by atoms with Crippen molar-refractivity contribution in [3.05, 3.63) is 54.6 Å². The van der Waals surface area contributed by atoms with Gasteiger partial charge in [-0.3, -0.25) is 14.6 Å². The lowest BCUT2D eigenvalue weighted by atomic mass is 9.86. The van der Waals surface area contributed by atoms with Gasteiger partial charge in [-0.15, -0.1) is 0 Å². The van der Waals surface area contributed by atoms with Gasteiger partial charge in [0.2, 0.25) is 11.8 Å². The first-order valence-corrected chi connectivity index (χ1v) is 12.5. The van der Waals surface area contributed by atoms with Crippen LogP contribution in [0, 0.1) is 18.8 Å². The van der Waals surface area contributed by atoms with Crippen LogP contribution in [0.4, 0.5) is 11.5 Å². The Morgan fingerprint density at radius 3 is 2.28 bits per heavy atom. The van der Waals surface area contributed by atoms with E-state index in [2.05, 4.69) is 25.6 Å². The lowest BCUT2D eigenvalue weighted by Crippen LogP contribution is -2.29. The van der Waals surface area contributed by atoms with Gasteiger partial charge in [0.1, 0.15) is 12.1 Å². The minimum Gasteiger partial charge on any atom is -0.381 e. The molecule has 1 aromatic carbocycles. The summed E-state index contributed by atoms with van der Waals surface area (Å²) < 4.78 is 5.42. The van der Waals surface area contributed by atoms with E-state index in [9.17, 15) is 9.59 Å². The van der Waals surface area contributed by atoms with Crippen LogP contribution >= 0.6 is 0 Å². The minimum absolute atomic E-state index is 0.00292. The molecule has 0 radical (unpaired) electrons. The third-order valence-electron chi connectivity index (χ3n) is 7.07. The second-order valence-corrected chi connectivity index (χ2v) is 9.69. The number of hydrogen-bond acceptors (Lipinski definition) is 6. The molecule has 2 amide bonds. The van der Waals surface area contributed by atoms with Gasteiger partial charge < -0.3 is 15.4 Å². The van der Waals surface area contributed by atoms with Crippen LogP contribution in [-0.4, -0.2) is 40.0 Å². The van der Waals surface area contributed by atoms with Crippen molar-refractivity contribution in [3.63, 3.8) is 0 Å². The molecule has 2 aliphatic rings.